The van der Waals surface area contributed by atoms with Crippen molar-refractivity contribution in [1.29, 1.82) is 0 Å². The van der Waals surface area contributed by atoms with Crippen molar-refractivity contribution in [1.82, 2.24) is 0 Å². The lowest BCUT2D eigenvalue weighted by Gasteiger charge is -2.03. The van der Waals surface area contributed by atoms with Crippen LogP contribution in [0.1, 0.15) is 11.1 Å². The standard InChI is InChI=1S/C18H15Br/c19-17-7-4-5-14(13-17)9-10-16-12-11-15-6-2-1-3-8-18(15)16/h1-8,11-13H,9-10H2. The van der Waals surface area contributed by atoms with Gasteiger partial charge >= 0.3 is 0 Å². The molecule has 3 rings (SSSR count). The Labute approximate surface area is 122 Å². The number of hydrogen-bond donors (Lipinski definition) is 0. The topological polar surface area (TPSA) is 0 Å². The maximum absolute atomic E-state index is 3.53. The van der Waals surface area contributed by atoms with Gasteiger partial charge in [-0.2, -0.15) is 0 Å². The van der Waals surface area contributed by atoms with Gasteiger partial charge in [0, 0.05) is 4.47 Å². The van der Waals surface area contributed by atoms with Crippen LogP contribution >= 0.6 is 15.9 Å². The molecule has 0 radical (unpaired) electrons. The van der Waals surface area contributed by atoms with E-state index >= 15 is 0 Å². The zero-order chi connectivity index (χ0) is 13.1. The summed E-state index contributed by atoms with van der Waals surface area (Å²) in [7, 11) is 0. The molecule has 0 amide bonds. The van der Waals surface area contributed by atoms with Crippen molar-refractivity contribution in [2.45, 2.75) is 12.8 Å². The van der Waals surface area contributed by atoms with Crippen LogP contribution in [-0.2, 0) is 12.8 Å². The quantitative estimate of drug-likeness (QED) is 0.612. The predicted octanol–water partition coefficient (Wildman–Crippen LogP) is 5.34. The van der Waals surface area contributed by atoms with Crippen LogP contribution < -0.4 is 0 Å². The third kappa shape index (κ3) is 2.87. The van der Waals surface area contributed by atoms with Gasteiger partial charge < -0.3 is 0 Å². The van der Waals surface area contributed by atoms with Gasteiger partial charge in [-0.25, -0.2) is 0 Å². The zero-order valence-corrected chi connectivity index (χ0v) is 12.2. The summed E-state index contributed by atoms with van der Waals surface area (Å²) in [5.74, 6) is 0. The summed E-state index contributed by atoms with van der Waals surface area (Å²) < 4.78 is 1.16. The minimum atomic E-state index is 1.08. The number of benzene rings is 1. The van der Waals surface area contributed by atoms with Crippen molar-refractivity contribution in [3.63, 3.8) is 0 Å². The van der Waals surface area contributed by atoms with Gasteiger partial charge in [0.1, 0.15) is 0 Å². The second-order valence-corrected chi connectivity index (χ2v) is 5.68. The van der Waals surface area contributed by atoms with E-state index < -0.39 is 0 Å². The summed E-state index contributed by atoms with van der Waals surface area (Å²) in [4.78, 5) is 0. The smallest absolute Gasteiger partial charge is 0.0177 e. The van der Waals surface area contributed by atoms with Crippen molar-refractivity contribution < 1.29 is 0 Å². The maximum Gasteiger partial charge on any atom is 0.0177 e. The van der Waals surface area contributed by atoms with Gasteiger partial charge in [0.15, 0.2) is 0 Å². The van der Waals surface area contributed by atoms with Gasteiger partial charge in [-0.3, -0.25) is 0 Å². The molecule has 0 heterocycles. The Morgan fingerprint density at radius 3 is 2.53 bits per heavy atom. The van der Waals surface area contributed by atoms with Crippen LogP contribution in [0.15, 0.2) is 71.2 Å². The molecule has 19 heavy (non-hydrogen) atoms. The molecule has 0 nitrogen and oxygen atoms in total. The average Bonchev–Trinajstić information content (AvgIpc) is 2.64. The monoisotopic (exact) mass is 310 g/mol. The van der Waals surface area contributed by atoms with Crippen LogP contribution in [0.2, 0.25) is 0 Å². The number of fused-ring (bicyclic) bond motifs is 1. The molecule has 1 aromatic carbocycles. The zero-order valence-electron chi connectivity index (χ0n) is 10.6. The summed E-state index contributed by atoms with van der Waals surface area (Å²) in [5.41, 5.74) is 5.52. The number of aryl methyl sites for hydroxylation is 2. The van der Waals surface area contributed by atoms with E-state index in [0.717, 1.165) is 17.3 Å². The molecule has 0 aromatic heterocycles. The molecule has 0 unspecified atom stereocenters. The van der Waals surface area contributed by atoms with E-state index in [9.17, 15) is 0 Å². The van der Waals surface area contributed by atoms with Crippen LogP contribution in [0, 0.1) is 0 Å². The minimum absolute atomic E-state index is 1.08. The third-order valence-electron chi connectivity index (χ3n) is 3.45. The summed E-state index contributed by atoms with van der Waals surface area (Å²) >= 11 is 3.53. The molecule has 0 aliphatic heterocycles. The summed E-state index contributed by atoms with van der Waals surface area (Å²) in [6, 6.07) is 23.7. The first-order chi connectivity index (χ1) is 9.33. The molecule has 0 N–H and O–H groups in total. The summed E-state index contributed by atoms with van der Waals surface area (Å²) in [6.45, 7) is 0. The Morgan fingerprint density at radius 1 is 0.737 bits per heavy atom. The summed E-state index contributed by atoms with van der Waals surface area (Å²) in [6.07, 6.45) is 2.17. The fourth-order valence-electron chi connectivity index (χ4n) is 2.47. The summed E-state index contributed by atoms with van der Waals surface area (Å²) in [5, 5.41) is 0. The average molecular weight is 311 g/mol. The molecule has 2 aliphatic rings. The van der Waals surface area contributed by atoms with Crippen molar-refractivity contribution >= 4 is 15.9 Å². The number of rotatable bonds is 3. The van der Waals surface area contributed by atoms with E-state index in [1.165, 1.54) is 22.3 Å². The molecule has 0 bridgehead atoms. The van der Waals surface area contributed by atoms with Gasteiger partial charge in [0.2, 0.25) is 0 Å². The molecule has 2 aliphatic carbocycles. The first-order valence-electron chi connectivity index (χ1n) is 6.54. The molecule has 1 aromatic rings. The Kier molecular flexibility index (Phi) is 3.65. The first kappa shape index (κ1) is 12.4. The molecule has 0 saturated carbocycles. The largest absolute Gasteiger partial charge is 0.0622 e. The third-order valence-corrected chi connectivity index (χ3v) is 3.95. The van der Waals surface area contributed by atoms with Gasteiger partial charge in [0.25, 0.3) is 0 Å². The Morgan fingerprint density at radius 2 is 1.63 bits per heavy atom. The molecule has 1 heteroatoms. The highest BCUT2D eigenvalue weighted by molar-refractivity contribution is 9.10. The van der Waals surface area contributed by atoms with Crippen LogP contribution in [-0.4, -0.2) is 0 Å². The van der Waals surface area contributed by atoms with Gasteiger partial charge in [-0.1, -0.05) is 70.5 Å². The lowest BCUT2D eigenvalue weighted by atomic mass is 10.0. The van der Waals surface area contributed by atoms with Crippen LogP contribution in [0.3, 0.4) is 0 Å². The molecular weight excluding hydrogens is 296 g/mol. The molecule has 0 spiro atoms. The van der Waals surface area contributed by atoms with E-state index in [1.54, 1.807) is 0 Å². The predicted molar refractivity (Wildman–Crippen MR) is 84.6 cm³/mol. The van der Waals surface area contributed by atoms with Crippen molar-refractivity contribution in [3.05, 3.63) is 82.3 Å². The van der Waals surface area contributed by atoms with E-state index in [-0.39, 0.29) is 0 Å². The number of halogens is 1. The first-order valence-corrected chi connectivity index (χ1v) is 7.33. The van der Waals surface area contributed by atoms with Crippen molar-refractivity contribution in [2.75, 3.05) is 0 Å². The lowest BCUT2D eigenvalue weighted by molar-refractivity contribution is 0.966. The maximum atomic E-state index is 3.53. The SMILES string of the molecule is Brc1cccc(CCc2ccc3cccccc2-3)c1. The molecular formula is C18H15Br. The van der Waals surface area contributed by atoms with Crippen LogP contribution in [0.4, 0.5) is 0 Å². The lowest BCUT2D eigenvalue weighted by Crippen LogP contribution is -1.90. The number of hydrogen-bond acceptors (Lipinski definition) is 0. The Balaban J connectivity index is 1.80. The van der Waals surface area contributed by atoms with Crippen molar-refractivity contribution in [3.8, 4) is 11.1 Å². The van der Waals surface area contributed by atoms with Gasteiger partial charge in [0.05, 0.1) is 0 Å². The van der Waals surface area contributed by atoms with Crippen molar-refractivity contribution in [2.24, 2.45) is 0 Å². The minimum Gasteiger partial charge on any atom is -0.0622 e. The molecule has 94 valence electrons. The molecule has 0 atom stereocenters. The second-order valence-electron chi connectivity index (χ2n) is 4.77. The second kappa shape index (κ2) is 5.58. The highest BCUT2D eigenvalue weighted by Crippen LogP contribution is 2.28. The Bertz CT molecular complexity index is 657. The Hall–Kier alpha value is -1.60. The molecule has 0 saturated heterocycles. The van der Waals surface area contributed by atoms with E-state index in [1.807, 2.05) is 0 Å². The highest BCUT2D eigenvalue weighted by Gasteiger charge is 2.07. The van der Waals surface area contributed by atoms with Crippen LogP contribution in [0.5, 0.6) is 0 Å². The van der Waals surface area contributed by atoms with Gasteiger partial charge in [-0.05, 0) is 47.2 Å². The molecule has 0 fully saturated rings. The fraction of sp³-hybridized carbons (Fsp3) is 0.111. The van der Waals surface area contributed by atoms with Gasteiger partial charge in [-0.15, -0.1) is 0 Å². The van der Waals surface area contributed by atoms with E-state index in [0.29, 0.717) is 0 Å². The normalized spacial score (nSPS) is 10.8. The van der Waals surface area contributed by atoms with E-state index in [4.69, 9.17) is 0 Å². The highest BCUT2D eigenvalue weighted by atomic mass is 79.9. The van der Waals surface area contributed by atoms with E-state index in [2.05, 4.69) is 82.7 Å². The fourth-order valence-corrected chi connectivity index (χ4v) is 2.92. The van der Waals surface area contributed by atoms with Crippen LogP contribution in [0.25, 0.3) is 11.1 Å².